The predicted octanol–water partition coefficient (Wildman–Crippen LogP) is 3.60. The summed E-state index contributed by atoms with van der Waals surface area (Å²) in [5, 5.41) is 25.4. The highest BCUT2D eigenvalue weighted by Gasteiger charge is 2.40. The fourth-order valence-corrected chi connectivity index (χ4v) is 4.59. The molecule has 0 spiro atoms. The van der Waals surface area contributed by atoms with Gasteiger partial charge in [0.1, 0.15) is 10.3 Å². The Morgan fingerprint density at radius 3 is 2.07 bits per heavy atom. The SMILES string of the molecule is C=CC(C)=O.O=C1CCC([N+](=O)[O-])=C2N(Cc3ccc(Cl)nc3)CCN12.O=[N+]([O-])/C=C1\NCCN1Cc1ccc(Cl)nc1. The molecule has 0 unspecified atom stereocenters. The van der Waals surface area contributed by atoms with Crippen molar-refractivity contribution in [2.75, 3.05) is 26.2 Å². The summed E-state index contributed by atoms with van der Waals surface area (Å²) in [5.41, 5.74) is 1.98. The number of nitro groups is 2. The summed E-state index contributed by atoms with van der Waals surface area (Å²) in [6.07, 6.45) is 5.96. The van der Waals surface area contributed by atoms with Crippen LogP contribution in [0, 0.1) is 20.2 Å². The molecule has 5 heterocycles. The van der Waals surface area contributed by atoms with Crippen molar-refractivity contribution in [2.24, 2.45) is 0 Å². The van der Waals surface area contributed by atoms with E-state index < -0.39 is 4.92 Å². The molecule has 0 atom stereocenters. The van der Waals surface area contributed by atoms with Gasteiger partial charge in [-0.25, -0.2) is 9.97 Å². The molecule has 2 aromatic heterocycles. The lowest BCUT2D eigenvalue weighted by Gasteiger charge is -2.26. The van der Waals surface area contributed by atoms with E-state index in [1.54, 1.807) is 24.5 Å². The third-order valence-corrected chi connectivity index (χ3v) is 6.82. The number of allylic oxidation sites excluding steroid dienone is 2. The van der Waals surface area contributed by atoms with Gasteiger partial charge in [0.15, 0.2) is 17.4 Å². The Balaban J connectivity index is 0.000000207. The van der Waals surface area contributed by atoms with Crippen LogP contribution < -0.4 is 5.32 Å². The van der Waals surface area contributed by atoms with Gasteiger partial charge in [-0.2, -0.15) is 0 Å². The van der Waals surface area contributed by atoms with Gasteiger partial charge in [0.25, 0.3) is 11.9 Å². The molecule has 0 radical (unpaired) electrons. The molecule has 2 fully saturated rings. The zero-order chi connectivity index (χ0) is 31.5. The Hall–Kier alpha value is -4.56. The molecule has 0 aliphatic carbocycles. The first kappa shape index (κ1) is 32.9. The van der Waals surface area contributed by atoms with Crippen molar-refractivity contribution in [3.63, 3.8) is 0 Å². The number of carbonyl (C=O) groups is 2. The standard InChI is InChI=1S/C13H13ClN4O3.C10H11ClN4O2.C4H6O/c14-11-3-1-9(7-15-11)8-16-5-6-17-12(19)4-2-10(13(16)17)18(20)21;11-9-2-1-8(5-13-9)6-14-4-3-12-10(14)7-15(16)17;1-3-4(2)5/h1,3,7H,2,4-6,8H2;1-2,5,7,12H,3-4,6H2;3H,1H2,2H3/b;10-7+;. The monoisotopic (exact) mass is 632 g/mol. The topological polar surface area (TPSA) is 168 Å². The quantitative estimate of drug-likeness (QED) is 0.205. The molecule has 3 aliphatic rings. The Morgan fingerprint density at radius 2 is 1.58 bits per heavy atom. The molecule has 16 heteroatoms. The van der Waals surface area contributed by atoms with Crippen LogP contribution in [0.3, 0.4) is 0 Å². The molecule has 2 aromatic rings. The van der Waals surface area contributed by atoms with E-state index in [9.17, 15) is 29.8 Å². The number of nitrogens with one attached hydrogen (secondary N) is 1. The number of aromatic nitrogens is 2. The van der Waals surface area contributed by atoms with Gasteiger partial charge in [0.05, 0.1) is 16.3 Å². The molecular formula is C27H30Cl2N8O6. The molecule has 14 nitrogen and oxygen atoms in total. The summed E-state index contributed by atoms with van der Waals surface area (Å²) in [5.74, 6) is 0.938. The van der Waals surface area contributed by atoms with Crippen molar-refractivity contribution in [1.29, 1.82) is 0 Å². The van der Waals surface area contributed by atoms with Gasteiger partial charge in [-0.3, -0.25) is 34.7 Å². The van der Waals surface area contributed by atoms with Crippen molar-refractivity contribution in [2.45, 2.75) is 32.9 Å². The number of hydrogen-bond acceptors (Lipinski definition) is 11. The first-order valence-corrected chi connectivity index (χ1v) is 13.8. The minimum Gasteiger partial charge on any atom is -0.365 e. The average molecular weight is 633 g/mol. The van der Waals surface area contributed by atoms with Crippen LogP contribution >= 0.6 is 23.2 Å². The summed E-state index contributed by atoms with van der Waals surface area (Å²) in [6, 6.07) is 7.07. The van der Waals surface area contributed by atoms with Crippen LogP contribution in [0.1, 0.15) is 30.9 Å². The Bertz CT molecular complexity index is 1420. The van der Waals surface area contributed by atoms with E-state index in [0.29, 0.717) is 54.7 Å². The normalized spacial score (nSPS) is 16.5. The van der Waals surface area contributed by atoms with Crippen LogP contribution in [0.15, 0.2) is 72.9 Å². The van der Waals surface area contributed by atoms with Gasteiger partial charge >= 0.3 is 0 Å². The van der Waals surface area contributed by atoms with Crippen molar-refractivity contribution in [3.05, 3.63) is 115 Å². The van der Waals surface area contributed by atoms with Crippen molar-refractivity contribution < 1.29 is 19.4 Å². The zero-order valence-corrected chi connectivity index (χ0v) is 24.8. The first-order chi connectivity index (χ1) is 20.5. The highest BCUT2D eigenvalue weighted by molar-refractivity contribution is 6.29. The fourth-order valence-electron chi connectivity index (χ4n) is 4.37. The van der Waals surface area contributed by atoms with Crippen LogP contribution in [0.5, 0.6) is 0 Å². The number of halogens is 2. The molecule has 43 heavy (non-hydrogen) atoms. The van der Waals surface area contributed by atoms with E-state index in [4.69, 9.17) is 23.2 Å². The molecule has 2 saturated heterocycles. The Morgan fingerprint density at radius 1 is 1.00 bits per heavy atom. The smallest absolute Gasteiger partial charge is 0.287 e. The minimum absolute atomic E-state index is 0.0185. The zero-order valence-electron chi connectivity index (χ0n) is 23.3. The number of amides is 1. The van der Waals surface area contributed by atoms with Crippen LogP contribution in [0.2, 0.25) is 10.3 Å². The van der Waals surface area contributed by atoms with Crippen LogP contribution in [-0.2, 0) is 22.7 Å². The lowest BCUT2D eigenvalue weighted by molar-refractivity contribution is -0.431. The van der Waals surface area contributed by atoms with Gasteiger partial charge in [-0.05, 0) is 36.3 Å². The van der Waals surface area contributed by atoms with Crippen molar-refractivity contribution in [1.82, 2.24) is 30.0 Å². The second-order valence-corrected chi connectivity index (χ2v) is 10.2. The fraction of sp³-hybridized carbons (Fsp3) is 0.333. The lowest BCUT2D eigenvalue weighted by Crippen LogP contribution is -2.35. The minimum atomic E-state index is -0.458. The Labute approximate surface area is 257 Å². The second kappa shape index (κ2) is 15.6. The molecule has 0 saturated carbocycles. The maximum absolute atomic E-state index is 11.9. The summed E-state index contributed by atoms with van der Waals surface area (Å²) >= 11 is 11.4. The van der Waals surface area contributed by atoms with Gasteiger partial charge in [-0.15, -0.1) is 0 Å². The maximum atomic E-state index is 11.9. The average Bonchev–Trinajstić information content (AvgIpc) is 3.59. The van der Waals surface area contributed by atoms with Crippen LogP contribution in [0.25, 0.3) is 0 Å². The number of rotatable bonds is 7. The second-order valence-electron chi connectivity index (χ2n) is 9.44. The molecule has 0 bridgehead atoms. The van der Waals surface area contributed by atoms with Crippen LogP contribution in [0.4, 0.5) is 0 Å². The number of nitrogens with zero attached hydrogens (tertiary/aromatic N) is 7. The van der Waals surface area contributed by atoms with E-state index in [1.165, 1.54) is 17.9 Å². The first-order valence-electron chi connectivity index (χ1n) is 13.1. The summed E-state index contributed by atoms with van der Waals surface area (Å²) in [6.45, 7) is 8.25. The molecule has 0 aromatic carbocycles. The molecule has 228 valence electrons. The largest absolute Gasteiger partial charge is 0.365 e. The molecule has 1 N–H and O–H groups in total. The van der Waals surface area contributed by atoms with Gasteiger partial charge in [-0.1, -0.05) is 41.9 Å². The van der Waals surface area contributed by atoms with Crippen molar-refractivity contribution in [3.8, 4) is 0 Å². The van der Waals surface area contributed by atoms with E-state index in [2.05, 4.69) is 21.9 Å². The molecular weight excluding hydrogens is 603 g/mol. The van der Waals surface area contributed by atoms with E-state index in [-0.39, 0.29) is 35.2 Å². The molecule has 1 amide bonds. The summed E-state index contributed by atoms with van der Waals surface area (Å²) in [7, 11) is 0. The number of ketones is 1. The third kappa shape index (κ3) is 9.75. The highest BCUT2D eigenvalue weighted by atomic mass is 35.5. The number of carbonyl (C=O) groups excluding carboxylic acids is 2. The van der Waals surface area contributed by atoms with E-state index in [1.807, 2.05) is 21.9 Å². The summed E-state index contributed by atoms with van der Waals surface area (Å²) < 4.78 is 0. The predicted molar refractivity (Wildman–Crippen MR) is 158 cm³/mol. The van der Waals surface area contributed by atoms with E-state index >= 15 is 0 Å². The molecule has 3 aliphatic heterocycles. The summed E-state index contributed by atoms with van der Waals surface area (Å²) in [4.78, 5) is 55.6. The maximum Gasteiger partial charge on any atom is 0.287 e. The van der Waals surface area contributed by atoms with E-state index in [0.717, 1.165) is 23.9 Å². The van der Waals surface area contributed by atoms with Gasteiger partial charge in [0.2, 0.25) is 5.91 Å². The highest BCUT2D eigenvalue weighted by Crippen LogP contribution is 2.31. The number of fused-ring (bicyclic) bond motifs is 1. The Kier molecular flexibility index (Phi) is 12.0. The molecule has 5 rings (SSSR count). The number of hydrogen-bond donors (Lipinski definition) is 1. The van der Waals surface area contributed by atoms with Gasteiger partial charge < -0.3 is 15.1 Å². The number of pyridine rings is 2. The van der Waals surface area contributed by atoms with Crippen molar-refractivity contribution >= 4 is 34.9 Å². The lowest BCUT2D eigenvalue weighted by atomic mass is 10.1. The van der Waals surface area contributed by atoms with Gasteiger partial charge in [0, 0.05) is 58.1 Å². The van der Waals surface area contributed by atoms with Crippen LogP contribution in [-0.4, -0.2) is 72.4 Å². The third-order valence-electron chi connectivity index (χ3n) is 6.37.